The summed E-state index contributed by atoms with van der Waals surface area (Å²) in [5.74, 6) is 2.17. The molecule has 0 bridgehead atoms. The number of hydrogen-bond acceptors (Lipinski definition) is 2. The summed E-state index contributed by atoms with van der Waals surface area (Å²) in [6.07, 6.45) is 11.9. The van der Waals surface area contributed by atoms with Gasteiger partial charge in [-0.05, 0) is 43.9 Å². The summed E-state index contributed by atoms with van der Waals surface area (Å²) in [6.45, 7) is 0.867. The van der Waals surface area contributed by atoms with E-state index in [2.05, 4.69) is 10.6 Å². The number of piperidine rings is 1. The van der Waals surface area contributed by atoms with Crippen molar-refractivity contribution in [3.05, 3.63) is 0 Å². The number of carbonyl (C=O) groups is 1. The van der Waals surface area contributed by atoms with Crippen LogP contribution in [0.2, 0.25) is 0 Å². The zero-order valence-corrected chi connectivity index (χ0v) is 11.3. The number of fused-ring (bicyclic) bond motifs is 1. The lowest BCUT2D eigenvalue weighted by atomic mass is 9.69. The van der Waals surface area contributed by atoms with Gasteiger partial charge in [-0.2, -0.15) is 0 Å². The quantitative estimate of drug-likeness (QED) is 0.789. The van der Waals surface area contributed by atoms with Gasteiger partial charge in [0, 0.05) is 12.6 Å². The molecule has 0 aromatic carbocycles. The van der Waals surface area contributed by atoms with Crippen molar-refractivity contribution in [2.24, 2.45) is 11.8 Å². The van der Waals surface area contributed by atoms with Crippen LogP contribution >= 0.6 is 0 Å². The van der Waals surface area contributed by atoms with Gasteiger partial charge in [0.1, 0.15) is 0 Å². The van der Waals surface area contributed by atoms with Crippen molar-refractivity contribution < 1.29 is 4.79 Å². The molecule has 3 rings (SSSR count). The Hall–Kier alpha value is -0.570. The monoisotopic (exact) mass is 250 g/mol. The molecular weight excluding hydrogens is 224 g/mol. The zero-order chi connectivity index (χ0) is 12.4. The van der Waals surface area contributed by atoms with Crippen molar-refractivity contribution in [1.29, 1.82) is 0 Å². The molecular formula is C15H26N2O. The lowest BCUT2D eigenvalue weighted by Crippen LogP contribution is -2.53. The third kappa shape index (κ3) is 2.71. The Morgan fingerprint density at radius 3 is 2.61 bits per heavy atom. The first-order valence-corrected chi connectivity index (χ1v) is 7.86. The number of amides is 1. The smallest absolute Gasteiger partial charge is 0.237 e. The summed E-state index contributed by atoms with van der Waals surface area (Å²) in [4.78, 5) is 11.8. The first-order valence-electron chi connectivity index (χ1n) is 7.86. The predicted molar refractivity (Wildman–Crippen MR) is 72.3 cm³/mol. The molecule has 3 fully saturated rings. The Kier molecular flexibility index (Phi) is 3.88. The second kappa shape index (κ2) is 5.60. The third-order valence-electron chi connectivity index (χ3n) is 5.26. The van der Waals surface area contributed by atoms with Crippen molar-refractivity contribution in [3.8, 4) is 0 Å². The number of rotatable bonds is 2. The van der Waals surface area contributed by atoms with Crippen LogP contribution in [0.5, 0.6) is 0 Å². The molecule has 2 N–H and O–H groups in total. The maximum Gasteiger partial charge on any atom is 0.237 e. The first kappa shape index (κ1) is 12.5. The van der Waals surface area contributed by atoms with Crippen molar-refractivity contribution in [3.63, 3.8) is 0 Å². The molecule has 0 aromatic rings. The topological polar surface area (TPSA) is 41.1 Å². The fourth-order valence-electron chi connectivity index (χ4n) is 4.24. The number of nitrogens with one attached hydrogen (secondary N) is 2. The molecule has 4 unspecified atom stereocenters. The molecule has 0 spiro atoms. The van der Waals surface area contributed by atoms with E-state index in [4.69, 9.17) is 0 Å². The van der Waals surface area contributed by atoms with E-state index >= 15 is 0 Å². The fraction of sp³-hybridized carbons (Fsp3) is 0.933. The molecule has 3 aliphatic rings. The van der Waals surface area contributed by atoms with E-state index in [0.717, 1.165) is 31.2 Å². The normalized spacial score (nSPS) is 41.0. The minimum absolute atomic E-state index is 0.0869. The highest BCUT2D eigenvalue weighted by atomic mass is 16.2. The van der Waals surface area contributed by atoms with Crippen molar-refractivity contribution in [1.82, 2.24) is 10.6 Å². The minimum atomic E-state index is 0.0869. The van der Waals surface area contributed by atoms with Crippen LogP contribution in [-0.4, -0.2) is 24.5 Å². The predicted octanol–water partition coefficient (Wildman–Crippen LogP) is 2.21. The third-order valence-corrected chi connectivity index (χ3v) is 5.26. The summed E-state index contributed by atoms with van der Waals surface area (Å²) in [6, 6.07) is 0.682. The van der Waals surface area contributed by atoms with Gasteiger partial charge < -0.3 is 10.6 Å². The average Bonchev–Trinajstić information content (AvgIpc) is 2.41. The summed E-state index contributed by atoms with van der Waals surface area (Å²) < 4.78 is 0. The summed E-state index contributed by atoms with van der Waals surface area (Å²) >= 11 is 0. The first-order chi connectivity index (χ1) is 8.83. The number of hydrogen-bond donors (Lipinski definition) is 2. The van der Waals surface area contributed by atoms with Gasteiger partial charge in [-0.1, -0.05) is 25.7 Å². The van der Waals surface area contributed by atoms with E-state index in [1.807, 2.05) is 0 Å². The Balaban J connectivity index is 1.52. The standard InChI is InChI=1S/C15H26N2O/c18-15-14(6-3-9-16-15)17-13-8-7-11-4-1-2-5-12(11)10-13/h11-14,17H,1-10H2,(H,16,18). The molecule has 1 aliphatic heterocycles. The van der Waals surface area contributed by atoms with E-state index in [-0.39, 0.29) is 11.9 Å². The molecule has 3 heteroatoms. The Morgan fingerprint density at radius 2 is 1.78 bits per heavy atom. The minimum Gasteiger partial charge on any atom is -0.355 e. The van der Waals surface area contributed by atoms with Gasteiger partial charge >= 0.3 is 0 Å². The van der Waals surface area contributed by atoms with Crippen LogP contribution in [0.1, 0.15) is 57.8 Å². The van der Waals surface area contributed by atoms with Crippen LogP contribution in [0.15, 0.2) is 0 Å². The van der Waals surface area contributed by atoms with E-state index in [1.54, 1.807) is 0 Å². The van der Waals surface area contributed by atoms with Crippen LogP contribution in [0.4, 0.5) is 0 Å². The van der Waals surface area contributed by atoms with Crippen molar-refractivity contribution in [2.75, 3.05) is 6.54 Å². The fourth-order valence-corrected chi connectivity index (χ4v) is 4.24. The molecule has 0 aromatic heterocycles. The van der Waals surface area contributed by atoms with Gasteiger partial charge in [-0.25, -0.2) is 0 Å². The van der Waals surface area contributed by atoms with Gasteiger partial charge in [-0.3, -0.25) is 4.79 Å². The van der Waals surface area contributed by atoms with Crippen molar-refractivity contribution >= 4 is 5.91 Å². The number of carbonyl (C=O) groups excluding carboxylic acids is 1. The zero-order valence-electron chi connectivity index (χ0n) is 11.3. The molecule has 102 valence electrons. The highest BCUT2D eigenvalue weighted by Gasteiger charge is 2.34. The maximum absolute atomic E-state index is 11.8. The van der Waals surface area contributed by atoms with Crippen molar-refractivity contribution in [2.45, 2.75) is 69.9 Å². The summed E-state index contributed by atoms with van der Waals surface area (Å²) in [7, 11) is 0. The molecule has 1 amide bonds. The van der Waals surface area contributed by atoms with E-state index in [1.165, 1.54) is 44.9 Å². The molecule has 18 heavy (non-hydrogen) atoms. The van der Waals surface area contributed by atoms with Gasteiger partial charge in [0.05, 0.1) is 6.04 Å². The van der Waals surface area contributed by atoms with E-state index in [0.29, 0.717) is 6.04 Å². The largest absolute Gasteiger partial charge is 0.355 e. The lowest BCUT2D eigenvalue weighted by Gasteiger charge is -2.41. The Bertz CT molecular complexity index is 305. The maximum atomic E-state index is 11.8. The molecule has 1 saturated heterocycles. The van der Waals surface area contributed by atoms with Crippen LogP contribution in [0.25, 0.3) is 0 Å². The van der Waals surface area contributed by atoms with Gasteiger partial charge in [0.2, 0.25) is 5.91 Å². The second-order valence-corrected chi connectivity index (χ2v) is 6.47. The SMILES string of the molecule is O=C1NCCCC1NC1CCC2CCCCC2C1. The van der Waals surface area contributed by atoms with Crippen LogP contribution in [0.3, 0.4) is 0 Å². The molecule has 1 heterocycles. The summed E-state index contributed by atoms with van der Waals surface area (Å²) in [5.41, 5.74) is 0. The summed E-state index contributed by atoms with van der Waals surface area (Å²) in [5, 5.41) is 6.61. The highest BCUT2D eigenvalue weighted by Crippen LogP contribution is 2.40. The van der Waals surface area contributed by atoms with E-state index < -0.39 is 0 Å². The molecule has 2 saturated carbocycles. The van der Waals surface area contributed by atoms with Gasteiger partial charge in [0.25, 0.3) is 0 Å². The second-order valence-electron chi connectivity index (χ2n) is 6.47. The average molecular weight is 250 g/mol. The van der Waals surface area contributed by atoms with Gasteiger partial charge in [-0.15, -0.1) is 0 Å². The van der Waals surface area contributed by atoms with Crippen LogP contribution in [-0.2, 0) is 4.79 Å². The Labute approximate surface area is 110 Å². The van der Waals surface area contributed by atoms with Crippen LogP contribution in [0, 0.1) is 11.8 Å². The highest BCUT2D eigenvalue weighted by molar-refractivity contribution is 5.82. The lowest BCUT2D eigenvalue weighted by molar-refractivity contribution is -0.124. The Morgan fingerprint density at radius 1 is 0.944 bits per heavy atom. The molecule has 0 radical (unpaired) electrons. The molecule has 3 nitrogen and oxygen atoms in total. The molecule has 2 aliphatic carbocycles. The van der Waals surface area contributed by atoms with Gasteiger partial charge in [0.15, 0.2) is 0 Å². The molecule has 4 atom stereocenters. The van der Waals surface area contributed by atoms with E-state index in [9.17, 15) is 4.79 Å². The van der Waals surface area contributed by atoms with Crippen LogP contribution < -0.4 is 10.6 Å².